The molecule has 18 heavy (non-hydrogen) atoms. The van der Waals surface area contributed by atoms with Gasteiger partial charge in [0, 0.05) is 18.2 Å². The van der Waals surface area contributed by atoms with Crippen molar-refractivity contribution in [2.24, 2.45) is 0 Å². The van der Waals surface area contributed by atoms with E-state index in [9.17, 15) is 8.42 Å². The number of aromatic nitrogens is 3. The Hall–Kier alpha value is -1.63. The van der Waals surface area contributed by atoms with E-state index in [2.05, 4.69) is 10.1 Å². The van der Waals surface area contributed by atoms with Crippen LogP contribution in [0.3, 0.4) is 0 Å². The van der Waals surface area contributed by atoms with Crippen LogP contribution in [0.4, 0.5) is 5.82 Å². The molecule has 2 N–H and O–H groups in total. The Labute approximate surface area is 105 Å². The van der Waals surface area contributed by atoms with Gasteiger partial charge in [-0.1, -0.05) is 0 Å². The highest BCUT2D eigenvalue weighted by atomic mass is 32.2. The minimum Gasteiger partial charge on any atom is -0.384 e. The van der Waals surface area contributed by atoms with E-state index in [1.54, 1.807) is 16.8 Å². The third-order valence-electron chi connectivity index (χ3n) is 3.29. The van der Waals surface area contributed by atoms with Gasteiger partial charge >= 0.3 is 0 Å². The molecule has 3 rings (SSSR count). The van der Waals surface area contributed by atoms with Gasteiger partial charge in [0.1, 0.15) is 5.82 Å². The number of nitrogen functional groups attached to an aromatic ring is 1. The largest absolute Gasteiger partial charge is 0.384 e. The van der Waals surface area contributed by atoms with Crippen molar-refractivity contribution in [3.63, 3.8) is 0 Å². The summed E-state index contributed by atoms with van der Waals surface area (Å²) in [6, 6.07) is 3.49. The predicted octanol–water partition coefficient (Wildman–Crippen LogP) is 0.604. The van der Waals surface area contributed by atoms with E-state index < -0.39 is 9.84 Å². The average Bonchev–Trinajstić information content (AvgIpc) is 2.73. The van der Waals surface area contributed by atoms with E-state index in [-0.39, 0.29) is 17.4 Å². The number of hydrogen-bond donors (Lipinski definition) is 1. The second-order valence-corrected chi connectivity index (χ2v) is 6.89. The molecule has 0 bridgehead atoms. The molecule has 7 heteroatoms. The van der Waals surface area contributed by atoms with Crippen LogP contribution in [-0.2, 0) is 9.84 Å². The number of nitrogens with two attached hydrogens (primary N) is 1. The van der Waals surface area contributed by atoms with Crippen molar-refractivity contribution < 1.29 is 8.42 Å². The molecule has 1 unspecified atom stereocenters. The molecule has 0 aliphatic carbocycles. The standard InChI is InChI=1S/C11H14N4O2S/c12-10-3-4-13-11-6-9(14-15(10)11)8-2-1-5-18(16,17)7-8/h3-4,6,8H,1-2,5,7,12H2. The first kappa shape index (κ1) is 11.5. The molecular weight excluding hydrogens is 252 g/mol. The van der Waals surface area contributed by atoms with Crippen molar-refractivity contribution >= 4 is 21.3 Å². The second-order valence-electron chi connectivity index (χ2n) is 4.66. The highest BCUT2D eigenvalue weighted by molar-refractivity contribution is 7.91. The molecule has 2 aromatic heterocycles. The summed E-state index contributed by atoms with van der Waals surface area (Å²) in [5, 5.41) is 4.37. The lowest BCUT2D eigenvalue weighted by Gasteiger charge is -2.19. The molecule has 1 aliphatic heterocycles. The fourth-order valence-electron chi connectivity index (χ4n) is 2.39. The normalized spacial score (nSPS) is 23.2. The van der Waals surface area contributed by atoms with Crippen LogP contribution in [-0.4, -0.2) is 34.5 Å². The van der Waals surface area contributed by atoms with Crippen molar-refractivity contribution in [2.45, 2.75) is 18.8 Å². The SMILES string of the molecule is Nc1ccnc2cc(C3CCCS(=O)(=O)C3)nn12. The van der Waals surface area contributed by atoms with E-state index in [0.717, 1.165) is 12.1 Å². The second kappa shape index (κ2) is 3.94. The van der Waals surface area contributed by atoms with E-state index >= 15 is 0 Å². The van der Waals surface area contributed by atoms with Gasteiger partial charge in [0.25, 0.3) is 0 Å². The zero-order valence-corrected chi connectivity index (χ0v) is 10.6. The van der Waals surface area contributed by atoms with Crippen LogP contribution in [0.15, 0.2) is 18.3 Å². The highest BCUT2D eigenvalue weighted by Crippen LogP contribution is 2.28. The molecule has 1 atom stereocenters. The van der Waals surface area contributed by atoms with Gasteiger partial charge in [-0.15, -0.1) is 0 Å². The minimum atomic E-state index is -2.93. The Morgan fingerprint density at radius 1 is 1.44 bits per heavy atom. The summed E-state index contributed by atoms with van der Waals surface area (Å²) < 4.78 is 24.8. The van der Waals surface area contributed by atoms with E-state index in [4.69, 9.17) is 5.73 Å². The van der Waals surface area contributed by atoms with Gasteiger partial charge in [-0.05, 0) is 18.9 Å². The van der Waals surface area contributed by atoms with Crippen LogP contribution < -0.4 is 5.73 Å². The van der Waals surface area contributed by atoms with E-state index in [0.29, 0.717) is 17.9 Å². The molecule has 0 saturated carbocycles. The van der Waals surface area contributed by atoms with Gasteiger partial charge in [0.05, 0.1) is 17.2 Å². The van der Waals surface area contributed by atoms with E-state index in [1.165, 1.54) is 0 Å². The number of rotatable bonds is 1. The topological polar surface area (TPSA) is 90.3 Å². The molecule has 0 radical (unpaired) electrons. The first-order valence-corrected chi connectivity index (χ1v) is 7.68. The molecule has 1 saturated heterocycles. The molecule has 0 aromatic carbocycles. The Morgan fingerprint density at radius 3 is 3.00 bits per heavy atom. The summed E-state index contributed by atoms with van der Waals surface area (Å²) in [7, 11) is -2.93. The van der Waals surface area contributed by atoms with Crippen LogP contribution >= 0.6 is 0 Å². The third kappa shape index (κ3) is 1.94. The fraction of sp³-hybridized carbons (Fsp3) is 0.455. The molecule has 6 nitrogen and oxygen atoms in total. The minimum absolute atomic E-state index is 0.0372. The zero-order chi connectivity index (χ0) is 12.8. The lowest BCUT2D eigenvalue weighted by atomic mass is 10.0. The summed E-state index contributed by atoms with van der Waals surface area (Å²) in [6.07, 6.45) is 3.17. The quantitative estimate of drug-likeness (QED) is 0.816. The van der Waals surface area contributed by atoms with Gasteiger partial charge in [-0.2, -0.15) is 9.61 Å². The van der Waals surface area contributed by atoms with Crippen molar-refractivity contribution in [3.05, 3.63) is 24.0 Å². The maximum Gasteiger partial charge on any atom is 0.157 e. The number of hydrogen-bond acceptors (Lipinski definition) is 5. The van der Waals surface area contributed by atoms with Crippen molar-refractivity contribution in [3.8, 4) is 0 Å². The summed E-state index contributed by atoms with van der Waals surface area (Å²) in [4.78, 5) is 4.16. The van der Waals surface area contributed by atoms with Crippen LogP contribution in [0.1, 0.15) is 24.5 Å². The fourth-order valence-corrected chi connectivity index (χ4v) is 4.11. The highest BCUT2D eigenvalue weighted by Gasteiger charge is 2.27. The van der Waals surface area contributed by atoms with Gasteiger partial charge < -0.3 is 5.73 Å². The number of nitrogens with zero attached hydrogens (tertiary/aromatic N) is 3. The lowest BCUT2D eigenvalue weighted by Crippen LogP contribution is -2.24. The molecule has 0 spiro atoms. The van der Waals surface area contributed by atoms with Crippen molar-refractivity contribution in [1.82, 2.24) is 14.6 Å². The average molecular weight is 266 g/mol. The zero-order valence-electron chi connectivity index (χ0n) is 9.78. The third-order valence-corrected chi connectivity index (χ3v) is 5.11. The smallest absolute Gasteiger partial charge is 0.157 e. The van der Waals surface area contributed by atoms with Gasteiger partial charge in [-0.25, -0.2) is 13.4 Å². The van der Waals surface area contributed by atoms with Crippen molar-refractivity contribution in [2.75, 3.05) is 17.2 Å². The van der Waals surface area contributed by atoms with Crippen molar-refractivity contribution in [1.29, 1.82) is 0 Å². The number of sulfone groups is 1. The Balaban J connectivity index is 2.02. The molecule has 1 fully saturated rings. The lowest BCUT2D eigenvalue weighted by molar-refractivity contribution is 0.548. The summed E-state index contributed by atoms with van der Waals surface area (Å²) in [6.45, 7) is 0. The Kier molecular flexibility index (Phi) is 2.51. The summed E-state index contributed by atoms with van der Waals surface area (Å²) >= 11 is 0. The van der Waals surface area contributed by atoms with Gasteiger partial charge in [-0.3, -0.25) is 0 Å². The van der Waals surface area contributed by atoms with Crippen LogP contribution in [0.5, 0.6) is 0 Å². The number of anilines is 1. The maximum absolute atomic E-state index is 11.6. The first-order valence-electron chi connectivity index (χ1n) is 5.86. The summed E-state index contributed by atoms with van der Waals surface area (Å²) in [5.41, 5.74) is 7.22. The summed E-state index contributed by atoms with van der Waals surface area (Å²) in [5.74, 6) is 0.934. The molecular formula is C11H14N4O2S. The van der Waals surface area contributed by atoms with Crippen LogP contribution in [0.25, 0.3) is 5.65 Å². The number of fused-ring (bicyclic) bond motifs is 1. The molecule has 3 heterocycles. The monoisotopic (exact) mass is 266 g/mol. The molecule has 96 valence electrons. The van der Waals surface area contributed by atoms with Gasteiger partial charge in [0.15, 0.2) is 15.5 Å². The molecule has 2 aromatic rings. The van der Waals surface area contributed by atoms with Crippen LogP contribution in [0.2, 0.25) is 0 Å². The first-order chi connectivity index (χ1) is 8.55. The Morgan fingerprint density at radius 2 is 2.28 bits per heavy atom. The van der Waals surface area contributed by atoms with Gasteiger partial charge in [0.2, 0.25) is 0 Å². The maximum atomic E-state index is 11.6. The molecule has 0 amide bonds. The predicted molar refractivity (Wildman–Crippen MR) is 68.0 cm³/mol. The van der Waals surface area contributed by atoms with Crippen LogP contribution in [0, 0.1) is 0 Å². The van der Waals surface area contributed by atoms with E-state index in [1.807, 2.05) is 6.07 Å². The molecule has 1 aliphatic rings. The Bertz CT molecular complexity index is 692.